The average Bonchev–Trinajstić information content (AvgIpc) is 2.39. The van der Waals surface area contributed by atoms with E-state index in [9.17, 15) is 9.59 Å². The number of amides is 3. The Hall–Kier alpha value is -1.34. The van der Waals surface area contributed by atoms with Crippen molar-refractivity contribution in [3.05, 3.63) is 0 Å². The van der Waals surface area contributed by atoms with Gasteiger partial charge in [0.15, 0.2) is 0 Å². The lowest BCUT2D eigenvalue weighted by Crippen LogP contribution is -2.49. The lowest BCUT2D eigenvalue weighted by atomic mass is 10.4. The Kier molecular flexibility index (Phi) is 6.45. The fourth-order valence-corrected chi connectivity index (χ4v) is 1.63. The first-order valence-corrected chi connectivity index (χ1v) is 5.98. The topological polar surface area (TPSA) is 71.1 Å². The molecule has 3 amide bonds. The maximum Gasteiger partial charge on any atom is 0.320 e. The van der Waals surface area contributed by atoms with Crippen molar-refractivity contribution in [2.45, 2.75) is 0 Å². The number of rotatable bonds is 5. The summed E-state index contributed by atoms with van der Waals surface area (Å²) in [5, 5.41) is 2.67. The van der Waals surface area contributed by atoms with Gasteiger partial charge in [-0.25, -0.2) is 4.79 Å². The van der Waals surface area contributed by atoms with Crippen molar-refractivity contribution in [3.63, 3.8) is 0 Å². The van der Waals surface area contributed by atoms with Gasteiger partial charge in [-0.3, -0.25) is 4.79 Å². The molecule has 7 nitrogen and oxygen atoms in total. The molecule has 18 heavy (non-hydrogen) atoms. The van der Waals surface area contributed by atoms with Crippen LogP contribution in [0, 0.1) is 0 Å². The molecular formula is C11H21N3O4. The van der Waals surface area contributed by atoms with Crippen molar-refractivity contribution in [2.24, 2.45) is 0 Å². The maximum absolute atomic E-state index is 12.0. The summed E-state index contributed by atoms with van der Waals surface area (Å²) >= 11 is 0. The SMILES string of the molecule is COCCNC(=O)CN(C)C(=O)N1CCOCC1. The van der Waals surface area contributed by atoms with Crippen LogP contribution < -0.4 is 5.32 Å². The Balaban J connectivity index is 2.27. The van der Waals surface area contributed by atoms with E-state index in [-0.39, 0.29) is 18.5 Å². The molecule has 0 bridgehead atoms. The van der Waals surface area contributed by atoms with Crippen molar-refractivity contribution in [2.75, 3.05) is 60.2 Å². The molecule has 1 heterocycles. The summed E-state index contributed by atoms with van der Waals surface area (Å²) in [4.78, 5) is 26.6. The van der Waals surface area contributed by atoms with Crippen LogP contribution in [-0.2, 0) is 14.3 Å². The van der Waals surface area contributed by atoms with Gasteiger partial charge >= 0.3 is 6.03 Å². The quantitative estimate of drug-likeness (QED) is 0.652. The fourth-order valence-electron chi connectivity index (χ4n) is 1.63. The molecule has 0 aromatic carbocycles. The Bertz CT molecular complexity index is 279. The Morgan fingerprint density at radius 1 is 1.39 bits per heavy atom. The largest absolute Gasteiger partial charge is 0.383 e. The van der Waals surface area contributed by atoms with Crippen LogP contribution in [0.15, 0.2) is 0 Å². The van der Waals surface area contributed by atoms with Crippen LogP contribution in [0.2, 0.25) is 0 Å². The van der Waals surface area contributed by atoms with E-state index in [1.807, 2.05) is 0 Å². The number of carbonyl (C=O) groups is 2. The van der Waals surface area contributed by atoms with E-state index < -0.39 is 0 Å². The molecule has 0 aromatic rings. The van der Waals surface area contributed by atoms with Gasteiger partial charge in [0.1, 0.15) is 6.54 Å². The number of urea groups is 1. The number of hydrogen-bond acceptors (Lipinski definition) is 4. The van der Waals surface area contributed by atoms with Gasteiger partial charge in [0.05, 0.1) is 19.8 Å². The number of nitrogens with zero attached hydrogens (tertiary/aromatic N) is 2. The highest BCUT2D eigenvalue weighted by Gasteiger charge is 2.21. The lowest BCUT2D eigenvalue weighted by Gasteiger charge is -2.30. The monoisotopic (exact) mass is 259 g/mol. The molecule has 1 N–H and O–H groups in total. The van der Waals surface area contributed by atoms with Crippen molar-refractivity contribution in [1.82, 2.24) is 15.1 Å². The molecule has 0 radical (unpaired) electrons. The first-order valence-electron chi connectivity index (χ1n) is 5.98. The molecule has 1 rings (SSSR count). The number of morpholine rings is 1. The van der Waals surface area contributed by atoms with E-state index in [0.717, 1.165) is 0 Å². The molecule has 0 spiro atoms. The molecule has 1 fully saturated rings. The molecule has 0 aromatic heterocycles. The second-order valence-corrected chi connectivity index (χ2v) is 4.08. The normalized spacial score (nSPS) is 15.3. The van der Waals surface area contributed by atoms with Gasteiger partial charge in [0.25, 0.3) is 0 Å². The molecule has 0 atom stereocenters. The summed E-state index contributed by atoms with van der Waals surface area (Å²) in [5.41, 5.74) is 0. The van der Waals surface area contributed by atoms with E-state index in [1.165, 1.54) is 4.90 Å². The number of likely N-dealkylation sites (N-methyl/N-ethyl adjacent to an activating group) is 1. The van der Waals surface area contributed by atoms with Crippen LogP contribution >= 0.6 is 0 Å². The second-order valence-electron chi connectivity index (χ2n) is 4.08. The summed E-state index contributed by atoms with van der Waals surface area (Å²) in [6.45, 7) is 3.24. The number of ether oxygens (including phenoxy) is 2. The zero-order valence-corrected chi connectivity index (χ0v) is 11.0. The van der Waals surface area contributed by atoms with Gasteiger partial charge in [-0.2, -0.15) is 0 Å². The molecule has 104 valence electrons. The van der Waals surface area contributed by atoms with Gasteiger partial charge in [-0.05, 0) is 0 Å². The predicted octanol–water partition coefficient (Wildman–Crippen LogP) is -0.867. The highest BCUT2D eigenvalue weighted by molar-refractivity contribution is 5.83. The van der Waals surface area contributed by atoms with Gasteiger partial charge < -0.3 is 24.6 Å². The third-order valence-corrected chi connectivity index (χ3v) is 2.62. The third kappa shape index (κ3) is 4.89. The fraction of sp³-hybridized carbons (Fsp3) is 0.818. The van der Waals surface area contributed by atoms with Crippen molar-refractivity contribution < 1.29 is 19.1 Å². The van der Waals surface area contributed by atoms with Crippen molar-refractivity contribution in [3.8, 4) is 0 Å². The summed E-state index contributed by atoms with van der Waals surface area (Å²) < 4.78 is 9.99. The van der Waals surface area contributed by atoms with Gasteiger partial charge in [0.2, 0.25) is 5.91 Å². The number of methoxy groups -OCH3 is 1. The van der Waals surface area contributed by atoms with Crippen LogP contribution in [-0.4, -0.2) is 81.9 Å². The summed E-state index contributed by atoms with van der Waals surface area (Å²) in [7, 11) is 3.19. The van der Waals surface area contributed by atoms with Crippen LogP contribution in [0.3, 0.4) is 0 Å². The van der Waals surface area contributed by atoms with E-state index in [2.05, 4.69) is 5.32 Å². The zero-order valence-electron chi connectivity index (χ0n) is 11.0. The third-order valence-electron chi connectivity index (χ3n) is 2.62. The molecule has 1 saturated heterocycles. The summed E-state index contributed by atoms with van der Waals surface area (Å²) in [5.74, 6) is -0.184. The summed E-state index contributed by atoms with van der Waals surface area (Å²) in [6, 6.07) is -0.139. The highest BCUT2D eigenvalue weighted by Crippen LogP contribution is 2.01. The number of nitrogens with one attached hydrogen (secondary N) is 1. The maximum atomic E-state index is 12.0. The molecule has 0 unspecified atom stereocenters. The van der Waals surface area contributed by atoms with Crippen molar-refractivity contribution >= 4 is 11.9 Å². The van der Waals surface area contributed by atoms with E-state index in [0.29, 0.717) is 39.5 Å². The van der Waals surface area contributed by atoms with Crippen LogP contribution in [0.5, 0.6) is 0 Å². The van der Waals surface area contributed by atoms with Gasteiger partial charge in [0, 0.05) is 33.8 Å². The molecule has 0 aliphatic carbocycles. The molecule has 7 heteroatoms. The lowest BCUT2D eigenvalue weighted by molar-refractivity contribution is -0.121. The van der Waals surface area contributed by atoms with Crippen LogP contribution in [0.1, 0.15) is 0 Å². The molecule has 1 aliphatic heterocycles. The average molecular weight is 259 g/mol. The number of carbonyl (C=O) groups excluding carboxylic acids is 2. The highest BCUT2D eigenvalue weighted by atomic mass is 16.5. The Morgan fingerprint density at radius 2 is 2.06 bits per heavy atom. The first kappa shape index (κ1) is 14.7. The van der Waals surface area contributed by atoms with E-state index >= 15 is 0 Å². The van der Waals surface area contributed by atoms with Gasteiger partial charge in [-0.15, -0.1) is 0 Å². The van der Waals surface area contributed by atoms with Crippen LogP contribution in [0.25, 0.3) is 0 Å². The summed E-state index contributed by atoms with van der Waals surface area (Å²) in [6.07, 6.45) is 0. The molecular weight excluding hydrogens is 238 g/mol. The predicted molar refractivity (Wildman–Crippen MR) is 65.3 cm³/mol. The van der Waals surface area contributed by atoms with E-state index in [4.69, 9.17) is 9.47 Å². The Morgan fingerprint density at radius 3 is 2.67 bits per heavy atom. The Labute approximate surface area is 107 Å². The minimum Gasteiger partial charge on any atom is -0.383 e. The minimum atomic E-state index is -0.184. The van der Waals surface area contributed by atoms with Crippen molar-refractivity contribution in [1.29, 1.82) is 0 Å². The molecule has 0 saturated carbocycles. The number of hydrogen-bond donors (Lipinski definition) is 1. The van der Waals surface area contributed by atoms with Gasteiger partial charge in [-0.1, -0.05) is 0 Å². The second kappa shape index (κ2) is 7.88. The minimum absolute atomic E-state index is 0.0555. The zero-order chi connectivity index (χ0) is 13.4. The standard InChI is InChI=1S/C11H21N3O4/c1-13(9-10(15)12-3-6-17-2)11(16)14-4-7-18-8-5-14/h3-9H2,1-2H3,(H,12,15). The van der Waals surface area contributed by atoms with E-state index in [1.54, 1.807) is 19.1 Å². The van der Waals surface area contributed by atoms with Crippen LogP contribution in [0.4, 0.5) is 4.79 Å². The smallest absolute Gasteiger partial charge is 0.320 e. The molecule has 1 aliphatic rings. The first-order chi connectivity index (χ1) is 8.65.